The van der Waals surface area contributed by atoms with Crippen LogP contribution >= 0.6 is 0 Å². The van der Waals surface area contributed by atoms with Crippen molar-refractivity contribution < 1.29 is 17.1 Å². The SMILES string of the molecule is Cc1ccc(C(c2ccccc2)N2CC(S(=O)(=O)F)CC2=O)cc1. The molecule has 1 saturated heterocycles. The number of carbonyl (C=O) groups is 1. The molecule has 0 N–H and O–H groups in total. The van der Waals surface area contributed by atoms with Crippen LogP contribution in [0.5, 0.6) is 0 Å². The summed E-state index contributed by atoms with van der Waals surface area (Å²) in [7, 11) is -4.74. The van der Waals surface area contributed by atoms with E-state index < -0.39 is 21.5 Å². The summed E-state index contributed by atoms with van der Waals surface area (Å²) in [5.74, 6) is -0.351. The Balaban J connectivity index is 2.02. The number of likely N-dealkylation sites (tertiary alicyclic amines) is 1. The smallest absolute Gasteiger partial charge is 0.307 e. The Kier molecular flexibility index (Phi) is 4.41. The molecule has 0 saturated carbocycles. The maximum Gasteiger partial charge on any atom is 0.307 e. The zero-order valence-corrected chi connectivity index (χ0v) is 14.0. The molecule has 6 heteroatoms. The van der Waals surface area contributed by atoms with E-state index in [4.69, 9.17) is 0 Å². The topological polar surface area (TPSA) is 54.5 Å². The molecule has 1 amide bonds. The molecule has 2 aromatic carbocycles. The predicted octanol–water partition coefficient (Wildman–Crippen LogP) is 2.98. The summed E-state index contributed by atoms with van der Waals surface area (Å²) >= 11 is 0. The molecule has 0 aliphatic carbocycles. The lowest BCUT2D eigenvalue weighted by Crippen LogP contribution is -2.32. The fraction of sp³-hybridized carbons (Fsp3) is 0.278. The first-order chi connectivity index (χ1) is 11.4. The van der Waals surface area contributed by atoms with Crippen molar-refractivity contribution >= 4 is 16.1 Å². The van der Waals surface area contributed by atoms with Gasteiger partial charge in [0.1, 0.15) is 5.25 Å². The van der Waals surface area contributed by atoms with Crippen molar-refractivity contribution in [2.24, 2.45) is 0 Å². The molecule has 4 nitrogen and oxygen atoms in total. The lowest BCUT2D eigenvalue weighted by atomic mass is 9.96. The average molecular weight is 347 g/mol. The second-order valence-corrected chi connectivity index (χ2v) is 7.69. The van der Waals surface area contributed by atoms with E-state index in [1.807, 2.05) is 61.5 Å². The van der Waals surface area contributed by atoms with Crippen LogP contribution < -0.4 is 0 Å². The van der Waals surface area contributed by atoms with Crippen LogP contribution in [-0.4, -0.2) is 31.0 Å². The first-order valence-corrected chi connectivity index (χ1v) is 9.15. The first kappa shape index (κ1) is 16.6. The van der Waals surface area contributed by atoms with Gasteiger partial charge in [-0.2, -0.15) is 8.42 Å². The Hall–Kier alpha value is -2.21. The molecular weight excluding hydrogens is 329 g/mol. The fourth-order valence-corrected chi connectivity index (χ4v) is 3.75. The number of hydrogen-bond acceptors (Lipinski definition) is 3. The summed E-state index contributed by atoms with van der Waals surface area (Å²) < 4.78 is 35.8. The highest BCUT2D eigenvalue weighted by Gasteiger charge is 2.42. The summed E-state index contributed by atoms with van der Waals surface area (Å²) in [4.78, 5) is 13.8. The summed E-state index contributed by atoms with van der Waals surface area (Å²) in [5.41, 5.74) is 2.83. The van der Waals surface area contributed by atoms with E-state index in [0.29, 0.717) is 0 Å². The largest absolute Gasteiger partial charge is 0.330 e. The summed E-state index contributed by atoms with van der Waals surface area (Å²) in [5, 5.41) is -1.29. The highest BCUT2D eigenvalue weighted by Crippen LogP contribution is 2.34. The van der Waals surface area contributed by atoms with Gasteiger partial charge in [0.25, 0.3) is 0 Å². The minimum Gasteiger partial charge on any atom is -0.330 e. The van der Waals surface area contributed by atoms with Crippen molar-refractivity contribution in [2.75, 3.05) is 6.54 Å². The van der Waals surface area contributed by atoms with E-state index in [1.54, 1.807) is 0 Å². The first-order valence-electron chi connectivity index (χ1n) is 7.70. The molecule has 2 aromatic rings. The lowest BCUT2D eigenvalue weighted by Gasteiger charge is -2.29. The molecule has 0 aromatic heterocycles. The summed E-state index contributed by atoms with van der Waals surface area (Å²) in [6, 6.07) is 16.6. The fourth-order valence-electron chi connectivity index (χ4n) is 3.07. The zero-order valence-electron chi connectivity index (χ0n) is 13.2. The third-order valence-electron chi connectivity index (χ3n) is 4.34. The van der Waals surface area contributed by atoms with Crippen molar-refractivity contribution in [2.45, 2.75) is 24.6 Å². The van der Waals surface area contributed by atoms with Gasteiger partial charge in [0, 0.05) is 13.0 Å². The van der Waals surface area contributed by atoms with Crippen molar-refractivity contribution in [3.8, 4) is 0 Å². The van der Waals surface area contributed by atoms with E-state index in [-0.39, 0.29) is 18.9 Å². The lowest BCUT2D eigenvalue weighted by molar-refractivity contribution is -0.129. The van der Waals surface area contributed by atoms with Crippen LogP contribution in [-0.2, 0) is 15.0 Å². The predicted molar refractivity (Wildman–Crippen MR) is 89.6 cm³/mol. The number of aryl methyl sites for hydroxylation is 1. The van der Waals surface area contributed by atoms with Gasteiger partial charge in [0.05, 0.1) is 6.04 Å². The molecular formula is C18H18FNO3S. The van der Waals surface area contributed by atoms with E-state index in [2.05, 4.69) is 0 Å². The second-order valence-electron chi connectivity index (χ2n) is 6.07. The number of carbonyl (C=O) groups excluding carboxylic acids is 1. The van der Waals surface area contributed by atoms with E-state index >= 15 is 0 Å². The van der Waals surface area contributed by atoms with Gasteiger partial charge < -0.3 is 4.90 Å². The normalized spacial score (nSPS) is 19.5. The standard InChI is InChI=1S/C18H18FNO3S/c1-13-7-9-15(10-8-13)18(14-5-3-2-4-6-14)20-12-16(11-17(20)21)24(19,22)23/h2-10,16,18H,11-12H2,1H3. The third kappa shape index (κ3) is 3.33. The minimum atomic E-state index is -4.74. The number of benzene rings is 2. The molecule has 126 valence electrons. The maximum atomic E-state index is 13.4. The van der Waals surface area contributed by atoms with Crippen LogP contribution in [0.4, 0.5) is 3.89 Å². The van der Waals surface area contributed by atoms with Gasteiger partial charge in [-0.05, 0) is 18.1 Å². The van der Waals surface area contributed by atoms with Gasteiger partial charge in [-0.25, -0.2) is 0 Å². The Morgan fingerprint density at radius 1 is 1.04 bits per heavy atom. The quantitative estimate of drug-likeness (QED) is 0.799. The molecule has 1 aliphatic heterocycles. The number of hydrogen-bond donors (Lipinski definition) is 0. The van der Waals surface area contributed by atoms with Crippen molar-refractivity contribution in [3.63, 3.8) is 0 Å². The zero-order chi connectivity index (χ0) is 17.3. The molecule has 24 heavy (non-hydrogen) atoms. The Morgan fingerprint density at radius 3 is 2.17 bits per heavy atom. The van der Waals surface area contributed by atoms with Gasteiger partial charge in [0.15, 0.2) is 0 Å². The van der Waals surface area contributed by atoms with Crippen LogP contribution in [0.15, 0.2) is 54.6 Å². The highest BCUT2D eigenvalue weighted by atomic mass is 32.3. The molecule has 1 heterocycles. The molecule has 1 aliphatic rings. The number of rotatable bonds is 4. The van der Waals surface area contributed by atoms with Crippen LogP contribution in [0.2, 0.25) is 0 Å². The summed E-state index contributed by atoms with van der Waals surface area (Å²) in [6.45, 7) is 1.83. The number of halogens is 1. The highest BCUT2D eigenvalue weighted by molar-refractivity contribution is 7.87. The number of nitrogens with zero attached hydrogens (tertiary/aromatic N) is 1. The Bertz CT molecular complexity index is 834. The Labute approximate surface area is 141 Å². The Morgan fingerprint density at radius 2 is 1.62 bits per heavy atom. The second kappa shape index (κ2) is 6.36. The van der Waals surface area contributed by atoms with Gasteiger partial charge in [0.2, 0.25) is 5.91 Å². The molecule has 0 spiro atoms. The van der Waals surface area contributed by atoms with Gasteiger partial charge in [-0.3, -0.25) is 4.79 Å². The van der Waals surface area contributed by atoms with E-state index in [9.17, 15) is 17.1 Å². The van der Waals surface area contributed by atoms with Gasteiger partial charge in [-0.15, -0.1) is 3.89 Å². The summed E-state index contributed by atoms with van der Waals surface area (Å²) in [6.07, 6.45) is -0.311. The van der Waals surface area contributed by atoms with Gasteiger partial charge >= 0.3 is 10.2 Å². The molecule has 2 atom stereocenters. The maximum absolute atomic E-state index is 13.4. The minimum absolute atomic E-state index is 0.134. The molecule has 1 fully saturated rings. The monoisotopic (exact) mass is 347 g/mol. The van der Waals surface area contributed by atoms with E-state index in [0.717, 1.165) is 16.7 Å². The van der Waals surface area contributed by atoms with Crippen LogP contribution in [0, 0.1) is 6.92 Å². The molecule has 2 unspecified atom stereocenters. The average Bonchev–Trinajstić information content (AvgIpc) is 2.93. The van der Waals surface area contributed by atoms with Crippen LogP contribution in [0.25, 0.3) is 0 Å². The third-order valence-corrected chi connectivity index (χ3v) is 5.45. The van der Waals surface area contributed by atoms with Crippen LogP contribution in [0.1, 0.15) is 29.2 Å². The van der Waals surface area contributed by atoms with E-state index in [1.165, 1.54) is 4.90 Å². The molecule has 3 rings (SSSR count). The van der Waals surface area contributed by atoms with Crippen molar-refractivity contribution in [1.82, 2.24) is 4.90 Å². The molecule has 0 radical (unpaired) electrons. The van der Waals surface area contributed by atoms with Gasteiger partial charge in [-0.1, -0.05) is 60.2 Å². The number of amides is 1. The molecule has 0 bridgehead atoms. The van der Waals surface area contributed by atoms with Crippen molar-refractivity contribution in [3.05, 3.63) is 71.3 Å². The van der Waals surface area contributed by atoms with Crippen molar-refractivity contribution in [1.29, 1.82) is 0 Å². The van der Waals surface area contributed by atoms with Crippen LogP contribution in [0.3, 0.4) is 0 Å².